The molecule has 0 amide bonds. The first-order chi connectivity index (χ1) is 6.89. The van der Waals surface area contributed by atoms with Crippen LogP contribution >= 0.6 is 0 Å². The fourth-order valence-electron chi connectivity index (χ4n) is 0.620. The van der Waals surface area contributed by atoms with Gasteiger partial charge in [0.25, 0.3) is 0 Å². The van der Waals surface area contributed by atoms with E-state index in [2.05, 4.69) is 0 Å². The molecule has 0 aliphatic heterocycles. The molecule has 0 saturated carbocycles. The summed E-state index contributed by atoms with van der Waals surface area (Å²) in [5.74, 6) is 0. The quantitative estimate of drug-likeness (QED) is 0.557. The molecule has 96 valence electrons. The summed E-state index contributed by atoms with van der Waals surface area (Å²) in [4.78, 5) is 0. The summed E-state index contributed by atoms with van der Waals surface area (Å²) in [6.45, 7) is 0. The molecule has 0 aromatic carbocycles. The predicted molar refractivity (Wildman–Crippen MR) is 27.2 cm³/mol. The molecule has 12 heteroatoms. The van der Waals surface area contributed by atoms with Crippen LogP contribution in [0.4, 0.5) is 44.3 Å². The fraction of sp³-hybridized carbons (Fsp3) is 0.500. The highest BCUT2D eigenvalue weighted by Gasteiger charge is 2.53. The Morgan fingerprint density at radius 3 is 0.812 bits per heavy atom. The van der Waals surface area contributed by atoms with Crippen molar-refractivity contribution in [3.63, 3.8) is 0 Å². The predicted octanol–water partition coefficient (Wildman–Crippen LogP) is 3.46. The van der Waals surface area contributed by atoms with Crippen molar-refractivity contribution in [1.29, 1.82) is 0 Å². The van der Waals surface area contributed by atoms with Crippen LogP contribution in [0.5, 0.6) is 0 Å². The number of hydrogen-bond donors (Lipinski definition) is 0. The Morgan fingerprint density at radius 1 is 0.562 bits per heavy atom. The minimum absolute atomic E-state index is 3.07. The van der Waals surface area contributed by atoms with Crippen LogP contribution in [0.2, 0.25) is 0 Å². The second-order valence-corrected chi connectivity index (χ2v) is 2.16. The Labute approximate surface area is 80.1 Å². The highest BCUT2D eigenvalue weighted by atomic mass is 19.4. The van der Waals surface area contributed by atoms with Gasteiger partial charge >= 0.3 is 12.4 Å². The van der Waals surface area contributed by atoms with Gasteiger partial charge < -0.3 is 0 Å². The summed E-state index contributed by atoms with van der Waals surface area (Å²) < 4.78 is 116. The van der Waals surface area contributed by atoms with Crippen molar-refractivity contribution >= 4 is 0 Å². The van der Waals surface area contributed by atoms with Crippen LogP contribution in [0, 0.1) is 0 Å². The molecular formula is C4F10N2. The van der Waals surface area contributed by atoms with E-state index in [1.807, 2.05) is 0 Å². The molecule has 0 fully saturated rings. The molecular weight excluding hydrogens is 266 g/mol. The minimum Gasteiger partial charge on any atom is -0.164 e. The first kappa shape index (κ1) is 14.6. The molecule has 0 rings (SSSR count). The van der Waals surface area contributed by atoms with Gasteiger partial charge in [0.05, 0.1) is 0 Å². The van der Waals surface area contributed by atoms with Crippen LogP contribution < -0.4 is 0 Å². The van der Waals surface area contributed by atoms with Crippen LogP contribution in [-0.2, 0) is 0 Å². The molecule has 16 heavy (non-hydrogen) atoms. The Kier molecular flexibility index (Phi) is 3.89. The van der Waals surface area contributed by atoms with E-state index in [0.29, 0.717) is 0 Å². The molecule has 0 aliphatic carbocycles. The van der Waals surface area contributed by atoms with Gasteiger partial charge in [-0.15, -0.1) is 0 Å². The molecule has 0 atom stereocenters. The van der Waals surface area contributed by atoms with Gasteiger partial charge in [0.15, 0.2) is 0 Å². The van der Waals surface area contributed by atoms with Gasteiger partial charge in [-0.25, -0.2) is 0 Å². The van der Waals surface area contributed by atoms with Crippen molar-refractivity contribution in [2.45, 2.75) is 12.4 Å². The van der Waals surface area contributed by atoms with E-state index in [1.165, 1.54) is 0 Å². The molecule has 0 spiro atoms. The summed E-state index contributed by atoms with van der Waals surface area (Å²) >= 11 is 0. The van der Waals surface area contributed by atoms with Crippen LogP contribution in [0.15, 0.2) is 11.4 Å². The maximum absolute atomic E-state index is 11.7. The first-order valence-electron chi connectivity index (χ1n) is 3.01. The summed E-state index contributed by atoms with van der Waals surface area (Å²) in [7, 11) is 0. The number of hydrogen-bond acceptors (Lipinski definition) is 2. The van der Waals surface area contributed by atoms with Gasteiger partial charge in [0, 0.05) is 0 Å². The maximum atomic E-state index is 11.7. The molecule has 0 bridgehead atoms. The number of allylic oxidation sites excluding steroid dienone is 2. The molecule has 0 aliphatic rings. The Bertz CT molecular complexity index is 244. The molecule has 2 nitrogen and oxygen atoms in total. The third-order valence-corrected chi connectivity index (χ3v) is 1.10. The topological polar surface area (TPSA) is 6.48 Å². The van der Waals surface area contributed by atoms with Crippen molar-refractivity contribution < 1.29 is 44.3 Å². The molecule has 0 saturated heterocycles. The van der Waals surface area contributed by atoms with Crippen LogP contribution in [-0.4, -0.2) is 23.0 Å². The fourth-order valence-corrected chi connectivity index (χ4v) is 0.620. The summed E-state index contributed by atoms with van der Waals surface area (Å²) in [5, 5.41) is -6.15. The third kappa shape index (κ3) is 3.34. The smallest absolute Gasteiger partial charge is 0.164 e. The monoisotopic (exact) mass is 266 g/mol. The van der Waals surface area contributed by atoms with E-state index in [-0.39, 0.29) is 0 Å². The number of halogens is 10. The van der Waals surface area contributed by atoms with Crippen molar-refractivity contribution in [3.8, 4) is 0 Å². The number of nitrogens with zero attached hydrogens (tertiary/aromatic N) is 2. The average molecular weight is 266 g/mol. The summed E-state index contributed by atoms with van der Waals surface area (Å²) in [6, 6.07) is 0. The molecule has 0 aromatic rings. The van der Waals surface area contributed by atoms with E-state index in [9.17, 15) is 44.3 Å². The zero-order valence-electron chi connectivity index (χ0n) is 6.67. The molecule has 0 radical (unpaired) electrons. The lowest BCUT2D eigenvalue weighted by atomic mass is 10.3. The van der Waals surface area contributed by atoms with Gasteiger partial charge in [-0.3, -0.25) is 0 Å². The number of rotatable bonds is 2. The van der Waals surface area contributed by atoms with E-state index >= 15 is 0 Å². The van der Waals surface area contributed by atoms with Crippen molar-refractivity contribution in [2.75, 3.05) is 0 Å². The van der Waals surface area contributed by atoms with Gasteiger partial charge in [0.1, 0.15) is 0 Å². The van der Waals surface area contributed by atoms with Crippen LogP contribution in [0.3, 0.4) is 0 Å². The zero-order valence-corrected chi connectivity index (χ0v) is 6.67. The van der Waals surface area contributed by atoms with Crippen LogP contribution in [0.1, 0.15) is 0 Å². The Hall–Kier alpha value is -1.36. The van der Waals surface area contributed by atoms with Crippen molar-refractivity contribution in [3.05, 3.63) is 11.4 Å². The second-order valence-electron chi connectivity index (χ2n) is 2.16. The standard InChI is InChI=1S/C4F10N2/c5-3(6,7)1(15(11)12)2(16(13)14)4(8,9)10/b2-1-. The molecule has 0 heterocycles. The summed E-state index contributed by atoms with van der Waals surface area (Å²) in [6.07, 6.45) is -12.6. The summed E-state index contributed by atoms with van der Waals surface area (Å²) in [5.41, 5.74) is -7.60. The van der Waals surface area contributed by atoms with E-state index in [1.54, 1.807) is 0 Å². The average Bonchev–Trinajstić information content (AvgIpc) is 1.92. The van der Waals surface area contributed by atoms with Gasteiger partial charge in [-0.1, -0.05) is 17.9 Å². The lowest BCUT2D eigenvalue weighted by molar-refractivity contribution is -0.237. The van der Waals surface area contributed by atoms with E-state index in [0.717, 1.165) is 0 Å². The van der Waals surface area contributed by atoms with Gasteiger partial charge in [-0.05, 0) is 10.7 Å². The minimum atomic E-state index is -6.29. The highest BCUT2D eigenvalue weighted by molar-refractivity contribution is 5.17. The number of alkyl halides is 6. The lowest BCUT2D eigenvalue weighted by Gasteiger charge is -2.19. The zero-order chi connectivity index (χ0) is 13.3. The third-order valence-electron chi connectivity index (χ3n) is 1.10. The SMILES string of the molecule is FN(F)/C(=C(\N(F)F)C(F)(F)F)C(F)(F)F. The molecule has 0 aromatic heterocycles. The van der Waals surface area contributed by atoms with E-state index in [4.69, 9.17) is 0 Å². The van der Waals surface area contributed by atoms with Crippen LogP contribution in [0.25, 0.3) is 0 Å². The second kappa shape index (κ2) is 4.25. The lowest BCUT2D eigenvalue weighted by Crippen LogP contribution is -2.32. The van der Waals surface area contributed by atoms with Gasteiger partial charge in [-0.2, -0.15) is 26.3 Å². The molecule has 0 unspecified atom stereocenters. The molecule has 0 N–H and O–H groups in total. The largest absolute Gasteiger partial charge is 0.438 e. The Balaban J connectivity index is 5.87. The first-order valence-corrected chi connectivity index (χ1v) is 3.01. The van der Waals surface area contributed by atoms with E-state index < -0.39 is 34.4 Å². The maximum Gasteiger partial charge on any atom is 0.438 e. The Morgan fingerprint density at radius 2 is 0.750 bits per heavy atom. The highest BCUT2D eigenvalue weighted by Crippen LogP contribution is 2.40. The van der Waals surface area contributed by atoms with Gasteiger partial charge in [0.2, 0.25) is 11.4 Å². The van der Waals surface area contributed by atoms with Crippen molar-refractivity contribution in [1.82, 2.24) is 10.7 Å². The normalized spacial score (nSPS) is 14.6. The van der Waals surface area contributed by atoms with Crippen molar-refractivity contribution in [2.24, 2.45) is 0 Å².